The van der Waals surface area contributed by atoms with E-state index >= 15 is 0 Å². The average molecular weight is 1420 g/mol. The highest BCUT2D eigenvalue weighted by atomic mass is 16.3. The molecule has 7 nitrogen and oxygen atoms in total. The van der Waals surface area contributed by atoms with Gasteiger partial charge in [0, 0.05) is 90.7 Å². The molecule has 5 heterocycles. The van der Waals surface area contributed by atoms with Crippen molar-refractivity contribution in [2.24, 2.45) is 0 Å². The summed E-state index contributed by atoms with van der Waals surface area (Å²) in [6.07, 6.45) is 0. The molecular formula is C100H94B2N6O. The van der Waals surface area contributed by atoms with Crippen molar-refractivity contribution in [3.63, 3.8) is 0 Å². The van der Waals surface area contributed by atoms with E-state index in [1.165, 1.54) is 55.1 Å². The van der Waals surface area contributed by atoms with Gasteiger partial charge in [0.1, 0.15) is 5.58 Å². The fourth-order valence-electron chi connectivity index (χ4n) is 17.4. The van der Waals surface area contributed by atoms with Crippen molar-refractivity contribution in [1.82, 2.24) is 0 Å². The van der Waals surface area contributed by atoms with Crippen LogP contribution in [-0.2, 0) is 27.1 Å². The number of para-hydroxylation sites is 5. The third kappa shape index (κ3) is 11.7. The molecule has 0 radical (unpaired) electrons. The van der Waals surface area contributed by atoms with Crippen molar-refractivity contribution in [3.8, 4) is 0 Å². The minimum atomic E-state index is -0.401. The van der Waals surface area contributed by atoms with Gasteiger partial charge in [0.05, 0.1) is 22.7 Å². The maximum atomic E-state index is 7.88. The Bertz CT molecular complexity index is 5750. The topological polar surface area (TPSA) is 32.6 Å². The Morgan fingerprint density at radius 2 is 0.560 bits per heavy atom. The van der Waals surface area contributed by atoms with Crippen LogP contribution in [0.5, 0.6) is 0 Å². The Morgan fingerprint density at radius 3 is 0.936 bits per heavy atom. The lowest BCUT2D eigenvalue weighted by Gasteiger charge is -2.47. The minimum Gasteiger partial charge on any atom is -0.468 e. The third-order valence-corrected chi connectivity index (χ3v) is 23.1. The molecular weight excluding hydrogens is 1320 g/mol. The molecule has 9 heteroatoms. The summed E-state index contributed by atoms with van der Waals surface area (Å²) < 4.78 is 7.88. The average Bonchev–Trinajstić information content (AvgIpc) is 1.59. The molecule has 18 rings (SSSR count). The Morgan fingerprint density at radius 1 is 0.248 bits per heavy atom. The Balaban J connectivity index is 0.999. The zero-order chi connectivity index (χ0) is 75.4. The minimum absolute atomic E-state index is 0.0488. The quantitative estimate of drug-likeness (QED) is 0.126. The van der Waals surface area contributed by atoms with Gasteiger partial charge in [-0.05, 0) is 228 Å². The van der Waals surface area contributed by atoms with Crippen LogP contribution in [0, 0.1) is 0 Å². The Labute approximate surface area is 645 Å². The van der Waals surface area contributed by atoms with E-state index in [9.17, 15) is 0 Å². The molecule has 13 aromatic carbocycles. The molecule has 0 saturated carbocycles. The van der Waals surface area contributed by atoms with Crippen LogP contribution in [0.15, 0.2) is 302 Å². The molecule has 0 amide bonds. The monoisotopic (exact) mass is 1420 g/mol. The van der Waals surface area contributed by atoms with Crippen LogP contribution < -0.4 is 62.4 Å². The summed E-state index contributed by atoms with van der Waals surface area (Å²) in [7, 11) is 0. The number of hydrogen-bond acceptors (Lipinski definition) is 7. The molecule has 109 heavy (non-hydrogen) atoms. The second-order valence-electron chi connectivity index (χ2n) is 35.5. The number of nitrogens with zero attached hydrogens (tertiary/aromatic N) is 6. The number of hydrogen-bond donors (Lipinski definition) is 0. The largest absolute Gasteiger partial charge is 0.468 e. The summed E-state index contributed by atoms with van der Waals surface area (Å²) >= 11 is 0. The fraction of sp³-hybridized carbons (Fsp3) is 0.200. The predicted octanol–water partition coefficient (Wildman–Crippen LogP) is 24.0. The van der Waals surface area contributed by atoms with Gasteiger partial charge in [-0.2, -0.15) is 0 Å². The van der Waals surface area contributed by atoms with Gasteiger partial charge in [-0.15, -0.1) is 0 Å². The number of rotatable bonds is 10. The van der Waals surface area contributed by atoms with Crippen LogP contribution in [0.1, 0.15) is 132 Å². The van der Waals surface area contributed by atoms with Crippen molar-refractivity contribution in [2.45, 2.75) is 131 Å². The van der Waals surface area contributed by atoms with Gasteiger partial charge in [-0.3, -0.25) is 0 Å². The molecule has 4 aliphatic heterocycles. The number of benzene rings is 13. The number of furan rings is 1. The second-order valence-corrected chi connectivity index (χ2v) is 35.5. The number of anilines is 18. The molecule has 0 fully saturated rings. The molecule has 0 unspecified atom stereocenters. The summed E-state index contributed by atoms with van der Waals surface area (Å²) in [5.41, 5.74) is 33.0. The highest BCUT2D eigenvalue weighted by Crippen LogP contribution is 2.54. The standard InChI is InChI=1S/C100H94B2N6O/c1-96(2,3)65-40-49-74(50-41-65)105-84-39-29-28-38-81(84)101-82-63-83-86(64-85(82)106(75-51-42-66(43-52-75)97(4,5)6)88-60-78(59-87(105)92(88)101)103(70-30-20-16-21-31-70)71-32-22-17-23-33-71)107(76-53-44-67(45-54-76)98(7,8)9)89-61-79(104(72-34-24-18-25-35-72)73-36-26-19-27-37-73)62-90-93(89)102(83)95-94(80-58-69(100(13,14)15)48-57-91(80)109-95)108(90)77-55-46-68(47-56-77)99(10,11)12/h16-64H,1-15H3. The second kappa shape index (κ2) is 25.5. The predicted molar refractivity (Wildman–Crippen MR) is 467 cm³/mol. The van der Waals surface area contributed by atoms with Gasteiger partial charge in [-0.25, -0.2) is 0 Å². The van der Waals surface area contributed by atoms with Crippen molar-refractivity contribution in [3.05, 3.63) is 325 Å². The van der Waals surface area contributed by atoms with Crippen LogP contribution in [-0.4, -0.2) is 13.4 Å². The molecule has 1 aromatic heterocycles. The first-order chi connectivity index (χ1) is 52.2. The normalized spacial score (nSPS) is 13.7. The summed E-state index contributed by atoms with van der Waals surface area (Å²) in [6, 6.07) is 113. The lowest BCUT2D eigenvalue weighted by atomic mass is 9.31. The van der Waals surface area contributed by atoms with Crippen molar-refractivity contribution < 1.29 is 4.42 Å². The van der Waals surface area contributed by atoms with E-state index in [0.29, 0.717) is 0 Å². The van der Waals surface area contributed by atoms with Gasteiger partial charge < -0.3 is 33.8 Å². The van der Waals surface area contributed by atoms with Crippen molar-refractivity contribution in [1.29, 1.82) is 0 Å². The molecule has 0 atom stereocenters. The van der Waals surface area contributed by atoms with E-state index in [0.717, 1.165) is 119 Å². The summed E-state index contributed by atoms with van der Waals surface area (Å²) in [5, 5.41) is 1.08. The van der Waals surface area contributed by atoms with E-state index in [-0.39, 0.29) is 33.8 Å². The molecule has 0 aliphatic carbocycles. The van der Waals surface area contributed by atoms with E-state index in [4.69, 9.17) is 4.42 Å². The fourth-order valence-corrected chi connectivity index (χ4v) is 17.4. The maximum absolute atomic E-state index is 7.88. The zero-order valence-electron chi connectivity index (χ0n) is 65.5. The highest BCUT2D eigenvalue weighted by Gasteiger charge is 2.51. The first-order valence-corrected chi connectivity index (χ1v) is 38.9. The van der Waals surface area contributed by atoms with Crippen LogP contribution in [0.4, 0.5) is 102 Å². The first-order valence-electron chi connectivity index (χ1n) is 38.9. The summed E-state index contributed by atoms with van der Waals surface area (Å²) in [5.74, 6) is 0. The molecule has 4 aliphatic rings. The van der Waals surface area contributed by atoms with Crippen LogP contribution >= 0.6 is 0 Å². The lowest BCUT2D eigenvalue weighted by Crippen LogP contribution is -2.65. The zero-order valence-corrected chi connectivity index (χ0v) is 65.5. The lowest BCUT2D eigenvalue weighted by molar-refractivity contribution is 0.590. The van der Waals surface area contributed by atoms with E-state index < -0.39 is 6.71 Å². The molecule has 0 saturated heterocycles. The SMILES string of the molecule is CC(C)(C)c1ccc(N2c3ccccc3B3c4cc5c(cc4N(c4ccc(C(C)(C)C)cc4)c4cc(N(c6ccccc6)c6ccccc6)cc2c43)N(c2ccc(C(C)(C)C)cc2)c2cc(N(c3ccccc3)c3ccccc3)cc3c2B5c2oc4ccc(C(C)(C)C)cc4c2N3c2ccc(C(C)(C)C)cc2)cc1. The highest BCUT2D eigenvalue weighted by molar-refractivity contribution is 7.03. The van der Waals surface area contributed by atoms with Gasteiger partial charge in [0.25, 0.3) is 13.4 Å². The van der Waals surface area contributed by atoms with Gasteiger partial charge in [-0.1, -0.05) is 256 Å². The van der Waals surface area contributed by atoms with E-state index in [1.54, 1.807) is 0 Å². The molecule has 0 bridgehead atoms. The molecule has 0 N–H and O–H groups in total. The van der Waals surface area contributed by atoms with E-state index in [1.807, 2.05) is 0 Å². The van der Waals surface area contributed by atoms with Crippen LogP contribution in [0.3, 0.4) is 0 Å². The maximum Gasteiger partial charge on any atom is 0.297 e. The van der Waals surface area contributed by atoms with Gasteiger partial charge in [0.15, 0.2) is 0 Å². The number of fused-ring (bicyclic) bond motifs is 10. The molecule has 536 valence electrons. The summed E-state index contributed by atoms with van der Waals surface area (Å²) in [6.45, 7) is 34.1. The van der Waals surface area contributed by atoms with Crippen molar-refractivity contribution >= 4 is 160 Å². The summed E-state index contributed by atoms with van der Waals surface area (Å²) in [4.78, 5) is 15.3. The smallest absolute Gasteiger partial charge is 0.297 e. The van der Waals surface area contributed by atoms with Gasteiger partial charge >= 0.3 is 0 Å². The Hall–Kier alpha value is -11.7. The van der Waals surface area contributed by atoms with E-state index in [2.05, 4.69) is 431 Å². The molecule has 0 spiro atoms. The van der Waals surface area contributed by atoms with Crippen molar-refractivity contribution in [2.75, 3.05) is 29.4 Å². The third-order valence-electron chi connectivity index (χ3n) is 23.1. The molecule has 14 aromatic rings. The van der Waals surface area contributed by atoms with Gasteiger partial charge in [0.2, 0.25) is 0 Å². The van der Waals surface area contributed by atoms with Crippen LogP contribution in [0.2, 0.25) is 0 Å². The Kier molecular flexibility index (Phi) is 16.2. The first kappa shape index (κ1) is 69.1. The van der Waals surface area contributed by atoms with Crippen LogP contribution in [0.25, 0.3) is 11.0 Å².